The molecule has 0 atom stereocenters. The quantitative estimate of drug-likeness (QED) is 0.563. The Morgan fingerprint density at radius 1 is 1.04 bits per heavy atom. The largest absolute Gasteiger partial charge is 0.450 e. The highest BCUT2D eigenvalue weighted by atomic mass is 16.6. The van der Waals surface area contributed by atoms with Crippen molar-refractivity contribution in [3.8, 4) is 11.5 Å². The maximum absolute atomic E-state index is 11.1. The van der Waals surface area contributed by atoms with Crippen LogP contribution in [-0.2, 0) is 11.2 Å². The van der Waals surface area contributed by atoms with E-state index in [1.165, 1.54) is 13.0 Å². The van der Waals surface area contributed by atoms with Gasteiger partial charge in [0.2, 0.25) is 5.75 Å². The SMILES string of the molecule is CC(=O)CCc1ccc(Oc2ccc([N+](=O)[O-])cc2[N+](=O)[O-])cc1. The van der Waals surface area contributed by atoms with Crippen molar-refractivity contribution in [3.05, 3.63) is 68.3 Å². The molecule has 0 saturated carbocycles. The lowest BCUT2D eigenvalue weighted by Gasteiger charge is -2.07. The number of hydrogen-bond acceptors (Lipinski definition) is 6. The fraction of sp³-hybridized carbons (Fsp3) is 0.188. The summed E-state index contributed by atoms with van der Waals surface area (Å²) in [7, 11) is 0. The number of hydrogen-bond donors (Lipinski definition) is 0. The first-order valence-corrected chi connectivity index (χ1v) is 7.06. The summed E-state index contributed by atoms with van der Waals surface area (Å²) in [6.45, 7) is 1.52. The van der Waals surface area contributed by atoms with E-state index >= 15 is 0 Å². The Bertz CT molecular complexity index is 786. The number of rotatable bonds is 7. The minimum absolute atomic E-state index is 0.0814. The van der Waals surface area contributed by atoms with Gasteiger partial charge in [-0.2, -0.15) is 0 Å². The first-order valence-electron chi connectivity index (χ1n) is 7.06. The molecule has 0 heterocycles. The molecular formula is C16H14N2O6. The van der Waals surface area contributed by atoms with Crippen molar-refractivity contribution in [3.63, 3.8) is 0 Å². The number of benzene rings is 2. The number of ether oxygens (including phenoxy) is 1. The summed E-state index contributed by atoms with van der Waals surface area (Å²) < 4.78 is 5.45. The zero-order valence-corrected chi connectivity index (χ0v) is 12.8. The van der Waals surface area contributed by atoms with Gasteiger partial charge >= 0.3 is 5.69 Å². The van der Waals surface area contributed by atoms with E-state index in [1.807, 2.05) is 0 Å². The second-order valence-electron chi connectivity index (χ2n) is 5.11. The summed E-state index contributed by atoms with van der Waals surface area (Å²) in [5.41, 5.74) is 0.0780. The van der Waals surface area contributed by atoms with Gasteiger partial charge in [-0.15, -0.1) is 0 Å². The Morgan fingerprint density at radius 2 is 1.71 bits per heavy atom. The number of nitro benzene ring substituents is 2. The molecule has 0 bridgehead atoms. The molecule has 0 aromatic heterocycles. The van der Waals surface area contributed by atoms with Gasteiger partial charge in [0, 0.05) is 12.5 Å². The van der Waals surface area contributed by atoms with E-state index < -0.39 is 15.5 Å². The van der Waals surface area contributed by atoms with Crippen molar-refractivity contribution < 1.29 is 19.4 Å². The predicted octanol–water partition coefficient (Wildman–Crippen LogP) is 3.82. The molecule has 124 valence electrons. The molecule has 0 aliphatic heterocycles. The number of Topliss-reactive ketones (excluding diaryl/α,β-unsaturated/α-hetero) is 1. The van der Waals surface area contributed by atoms with Crippen LogP contribution in [0.3, 0.4) is 0 Å². The maximum Gasteiger partial charge on any atom is 0.318 e. The molecule has 2 aromatic carbocycles. The second kappa shape index (κ2) is 7.32. The van der Waals surface area contributed by atoms with Gasteiger partial charge in [-0.1, -0.05) is 12.1 Å². The average Bonchev–Trinajstić information content (AvgIpc) is 2.54. The van der Waals surface area contributed by atoms with E-state index in [0.29, 0.717) is 18.6 Å². The van der Waals surface area contributed by atoms with Crippen LogP contribution >= 0.6 is 0 Å². The van der Waals surface area contributed by atoms with E-state index in [9.17, 15) is 25.0 Å². The van der Waals surface area contributed by atoms with Gasteiger partial charge in [0.25, 0.3) is 5.69 Å². The van der Waals surface area contributed by atoms with Gasteiger partial charge in [-0.05, 0) is 37.1 Å². The number of carbonyl (C=O) groups is 1. The third-order valence-electron chi connectivity index (χ3n) is 3.27. The van der Waals surface area contributed by atoms with Crippen molar-refractivity contribution in [2.75, 3.05) is 0 Å². The van der Waals surface area contributed by atoms with Crippen LogP contribution in [0.1, 0.15) is 18.9 Å². The predicted molar refractivity (Wildman–Crippen MR) is 85.3 cm³/mol. The third-order valence-corrected chi connectivity index (χ3v) is 3.27. The second-order valence-corrected chi connectivity index (χ2v) is 5.11. The lowest BCUT2D eigenvalue weighted by atomic mass is 10.1. The third kappa shape index (κ3) is 4.35. The van der Waals surface area contributed by atoms with Crippen LogP contribution in [0.15, 0.2) is 42.5 Å². The van der Waals surface area contributed by atoms with Crippen LogP contribution in [0.25, 0.3) is 0 Å². The first kappa shape index (κ1) is 17.1. The summed E-state index contributed by atoms with van der Waals surface area (Å²) >= 11 is 0. The molecule has 0 fully saturated rings. The first-order chi connectivity index (χ1) is 11.4. The normalized spacial score (nSPS) is 10.2. The zero-order valence-electron chi connectivity index (χ0n) is 12.8. The van der Waals surface area contributed by atoms with Gasteiger partial charge in [0.05, 0.1) is 15.9 Å². The molecule has 0 aliphatic carbocycles. The number of aryl methyl sites for hydroxylation is 1. The Morgan fingerprint density at radius 3 is 2.25 bits per heavy atom. The van der Waals surface area contributed by atoms with Crippen molar-refractivity contribution in [1.29, 1.82) is 0 Å². The van der Waals surface area contributed by atoms with Crippen LogP contribution < -0.4 is 4.74 Å². The van der Waals surface area contributed by atoms with Crippen LogP contribution in [-0.4, -0.2) is 15.6 Å². The summed E-state index contributed by atoms with van der Waals surface area (Å²) in [6.07, 6.45) is 1.04. The number of nitrogens with zero attached hydrogens (tertiary/aromatic N) is 2. The molecule has 24 heavy (non-hydrogen) atoms. The molecule has 8 heteroatoms. The topological polar surface area (TPSA) is 113 Å². The highest BCUT2D eigenvalue weighted by molar-refractivity contribution is 5.75. The number of nitro groups is 2. The van der Waals surface area contributed by atoms with E-state index in [1.54, 1.807) is 24.3 Å². The molecule has 0 radical (unpaired) electrons. The van der Waals surface area contributed by atoms with Gasteiger partial charge in [0.1, 0.15) is 11.5 Å². The van der Waals surface area contributed by atoms with Crippen molar-refractivity contribution in [2.45, 2.75) is 19.8 Å². The van der Waals surface area contributed by atoms with Gasteiger partial charge in [-0.3, -0.25) is 20.2 Å². The Balaban J connectivity index is 2.19. The zero-order chi connectivity index (χ0) is 17.7. The standard InChI is InChI=1S/C16H14N2O6/c1-11(19)2-3-12-4-7-14(8-5-12)24-16-9-6-13(17(20)21)10-15(16)18(22)23/h4-10H,2-3H2,1H3. The average molecular weight is 330 g/mol. The molecule has 0 unspecified atom stereocenters. The molecule has 2 aromatic rings. The fourth-order valence-electron chi connectivity index (χ4n) is 2.02. The van der Waals surface area contributed by atoms with E-state index in [2.05, 4.69) is 0 Å². The number of carbonyl (C=O) groups excluding carboxylic acids is 1. The molecular weight excluding hydrogens is 316 g/mol. The Hall–Kier alpha value is -3.29. The number of non-ortho nitro benzene ring substituents is 1. The van der Waals surface area contributed by atoms with Crippen LogP contribution in [0.2, 0.25) is 0 Å². The highest BCUT2D eigenvalue weighted by Gasteiger charge is 2.21. The Labute approximate surface area is 137 Å². The monoisotopic (exact) mass is 330 g/mol. The summed E-state index contributed by atoms with van der Waals surface area (Å²) in [5, 5.41) is 21.8. The van der Waals surface area contributed by atoms with Gasteiger partial charge in [0.15, 0.2) is 0 Å². The van der Waals surface area contributed by atoms with E-state index in [4.69, 9.17) is 4.74 Å². The van der Waals surface area contributed by atoms with Gasteiger partial charge < -0.3 is 9.53 Å². The molecule has 0 spiro atoms. The summed E-state index contributed by atoms with van der Waals surface area (Å²) in [5.74, 6) is 0.373. The van der Waals surface area contributed by atoms with Crippen molar-refractivity contribution in [2.24, 2.45) is 0 Å². The Kier molecular flexibility index (Phi) is 5.20. The van der Waals surface area contributed by atoms with Gasteiger partial charge in [-0.25, -0.2) is 0 Å². The van der Waals surface area contributed by atoms with Crippen molar-refractivity contribution in [1.82, 2.24) is 0 Å². The lowest BCUT2D eigenvalue weighted by molar-refractivity contribution is -0.394. The molecule has 0 aliphatic rings. The molecule has 0 saturated heterocycles. The van der Waals surface area contributed by atoms with E-state index in [0.717, 1.165) is 17.7 Å². The minimum atomic E-state index is -0.733. The number of ketones is 1. The van der Waals surface area contributed by atoms with Crippen LogP contribution in [0.4, 0.5) is 11.4 Å². The van der Waals surface area contributed by atoms with Crippen LogP contribution in [0.5, 0.6) is 11.5 Å². The molecule has 8 nitrogen and oxygen atoms in total. The smallest absolute Gasteiger partial charge is 0.318 e. The van der Waals surface area contributed by atoms with E-state index in [-0.39, 0.29) is 17.2 Å². The molecule has 0 N–H and O–H groups in total. The highest BCUT2D eigenvalue weighted by Crippen LogP contribution is 2.34. The maximum atomic E-state index is 11.1. The van der Waals surface area contributed by atoms with Crippen molar-refractivity contribution >= 4 is 17.2 Å². The summed E-state index contributed by atoms with van der Waals surface area (Å²) in [6, 6.07) is 9.96. The fourth-order valence-corrected chi connectivity index (χ4v) is 2.02. The lowest BCUT2D eigenvalue weighted by Crippen LogP contribution is -1.96. The molecule has 2 rings (SSSR count). The summed E-state index contributed by atoms with van der Waals surface area (Å²) in [4.78, 5) is 31.3. The minimum Gasteiger partial charge on any atom is -0.450 e. The molecule has 0 amide bonds. The van der Waals surface area contributed by atoms with Crippen LogP contribution in [0, 0.1) is 20.2 Å².